The average Bonchev–Trinajstić information content (AvgIpc) is 2.51. The normalized spacial score (nSPS) is 18.9. The average molecular weight is 321 g/mol. The number of amides is 1. The minimum Gasteiger partial charge on any atom is -0.490 e. The number of ether oxygens (including phenoxy) is 2. The minimum atomic E-state index is -0.618. The summed E-state index contributed by atoms with van der Waals surface area (Å²) in [6.07, 6.45) is -1.66. The number of hydrazone groups is 1. The maximum absolute atomic E-state index is 11.2. The first kappa shape index (κ1) is 17.2. The van der Waals surface area contributed by atoms with E-state index in [2.05, 4.69) is 15.8 Å². The Kier molecular flexibility index (Phi) is 5.95. The fourth-order valence-electron chi connectivity index (χ4n) is 2.14. The molecule has 0 spiro atoms. The molecule has 1 aliphatic heterocycles. The summed E-state index contributed by atoms with van der Waals surface area (Å²) in [5.74, 6) is 0.585. The molecule has 23 heavy (non-hydrogen) atoms. The van der Waals surface area contributed by atoms with Crippen LogP contribution in [0.25, 0.3) is 0 Å². The predicted octanol–water partition coefficient (Wildman–Crippen LogP) is 1.26. The van der Waals surface area contributed by atoms with E-state index in [0.29, 0.717) is 24.0 Å². The first-order valence-electron chi connectivity index (χ1n) is 7.65. The zero-order valence-corrected chi connectivity index (χ0v) is 13.6. The van der Waals surface area contributed by atoms with E-state index < -0.39 is 18.3 Å². The number of carbonyl (C=O) groups excluding carboxylic acids is 1. The molecule has 7 heteroatoms. The molecule has 0 aliphatic carbocycles. The quantitative estimate of drug-likeness (QED) is 0.703. The molecule has 1 heterocycles. The number of rotatable bonds is 7. The van der Waals surface area contributed by atoms with E-state index in [0.717, 1.165) is 5.56 Å². The van der Waals surface area contributed by atoms with Crippen LogP contribution < -0.4 is 15.5 Å². The van der Waals surface area contributed by atoms with Gasteiger partial charge in [-0.2, -0.15) is 5.10 Å². The summed E-state index contributed by atoms with van der Waals surface area (Å²) in [4.78, 5) is 11.2. The standard InChI is InChI=1S/C16H23N3O4/c1-10(2)17-8-12(20)9-22-14-7-5-4-6-13(14)15-11(3)23-16(21)19-18-15/h4-7,10-12,17,20H,8-9H2,1-3H3,(H,19,21). The Morgan fingerprint density at radius 3 is 2.87 bits per heavy atom. The zero-order chi connectivity index (χ0) is 16.8. The molecule has 0 radical (unpaired) electrons. The van der Waals surface area contributed by atoms with Gasteiger partial charge in [0.15, 0.2) is 0 Å². The SMILES string of the molecule is CC(C)NCC(O)COc1ccccc1C1=NNC(=O)OC1C. The van der Waals surface area contributed by atoms with Crippen LogP contribution in [0.15, 0.2) is 29.4 Å². The van der Waals surface area contributed by atoms with Crippen molar-refractivity contribution in [3.63, 3.8) is 0 Å². The molecule has 0 saturated carbocycles. The van der Waals surface area contributed by atoms with Gasteiger partial charge in [-0.25, -0.2) is 10.2 Å². The van der Waals surface area contributed by atoms with Crippen LogP contribution in [0.4, 0.5) is 4.79 Å². The highest BCUT2D eigenvalue weighted by Crippen LogP contribution is 2.22. The lowest BCUT2D eigenvalue weighted by Crippen LogP contribution is -2.37. The molecule has 2 unspecified atom stereocenters. The molecular formula is C16H23N3O4. The van der Waals surface area contributed by atoms with Crippen molar-refractivity contribution in [3.05, 3.63) is 29.8 Å². The molecule has 1 aromatic carbocycles. The number of benzene rings is 1. The summed E-state index contributed by atoms with van der Waals surface area (Å²) in [7, 11) is 0. The van der Waals surface area contributed by atoms with Gasteiger partial charge in [0.1, 0.15) is 30.3 Å². The summed E-state index contributed by atoms with van der Waals surface area (Å²) in [6.45, 7) is 6.39. The van der Waals surface area contributed by atoms with Crippen molar-refractivity contribution in [1.29, 1.82) is 0 Å². The summed E-state index contributed by atoms with van der Waals surface area (Å²) in [5.41, 5.74) is 3.60. The fraction of sp³-hybridized carbons (Fsp3) is 0.500. The van der Waals surface area contributed by atoms with Gasteiger partial charge in [0.2, 0.25) is 0 Å². The third-order valence-electron chi connectivity index (χ3n) is 3.29. The highest BCUT2D eigenvalue weighted by Gasteiger charge is 2.25. The molecular weight excluding hydrogens is 298 g/mol. The molecule has 126 valence electrons. The topological polar surface area (TPSA) is 92.2 Å². The zero-order valence-electron chi connectivity index (χ0n) is 13.6. The van der Waals surface area contributed by atoms with Crippen LogP contribution in [0.3, 0.4) is 0 Å². The summed E-state index contributed by atoms with van der Waals surface area (Å²) < 4.78 is 10.8. The Balaban J connectivity index is 2.05. The second-order valence-corrected chi connectivity index (χ2v) is 5.68. The van der Waals surface area contributed by atoms with Gasteiger partial charge in [-0.3, -0.25) is 0 Å². The molecule has 1 amide bonds. The van der Waals surface area contributed by atoms with E-state index in [1.165, 1.54) is 0 Å². The summed E-state index contributed by atoms with van der Waals surface area (Å²) in [6, 6.07) is 7.62. The monoisotopic (exact) mass is 321 g/mol. The third-order valence-corrected chi connectivity index (χ3v) is 3.29. The van der Waals surface area contributed by atoms with Crippen LogP contribution in [-0.4, -0.2) is 48.3 Å². The summed E-state index contributed by atoms with van der Waals surface area (Å²) in [5, 5.41) is 17.1. The van der Waals surface area contributed by atoms with Crippen molar-refractivity contribution in [2.45, 2.75) is 39.0 Å². The Hall–Kier alpha value is -2.12. The lowest BCUT2D eigenvalue weighted by molar-refractivity contribution is 0.104. The second-order valence-electron chi connectivity index (χ2n) is 5.68. The maximum atomic E-state index is 11.2. The van der Waals surface area contributed by atoms with Gasteiger partial charge in [-0.1, -0.05) is 26.0 Å². The van der Waals surface area contributed by atoms with E-state index >= 15 is 0 Å². The number of carbonyl (C=O) groups is 1. The maximum Gasteiger partial charge on any atom is 0.428 e. The lowest BCUT2D eigenvalue weighted by atomic mass is 10.0. The number of nitrogens with zero attached hydrogens (tertiary/aromatic N) is 1. The fourth-order valence-corrected chi connectivity index (χ4v) is 2.14. The van der Waals surface area contributed by atoms with Gasteiger partial charge in [0.25, 0.3) is 0 Å². The van der Waals surface area contributed by atoms with Crippen LogP contribution in [0, 0.1) is 0 Å². The van der Waals surface area contributed by atoms with Gasteiger partial charge >= 0.3 is 6.09 Å². The van der Waals surface area contributed by atoms with E-state index in [-0.39, 0.29) is 6.61 Å². The molecule has 0 fully saturated rings. The van der Waals surface area contributed by atoms with Gasteiger partial charge in [0.05, 0.1) is 0 Å². The van der Waals surface area contributed by atoms with Gasteiger partial charge in [0, 0.05) is 18.2 Å². The van der Waals surface area contributed by atoms with Gasteiger partial charge in [-0.05, 0) is 19.1 Å². The van der Waals surface area contributed by atoms with E-state index in [1.54, 1.807) is 13.0 Å². The van der Waals surface area contributed by atoms with Crippen LogP contribution in [0.1, 0.15) is 26.3 Å². The molecule has 2 atom stereocenters. The third kappa shape index (κ3) is 4.94. The molecule has 0 saturated heterocycles. The Morgan fingerprint density at radius 1 is 1.43 bits per heavy atom. The molecule has 0 bridgehead atoms. The van der Waals surface area contributed by atoms with Crippen LogP contribution in [-0.2, 0) is 4.74 Å². The van der Waals surface area contributed by atoms with Crippen molar-refractivity contribution < 1.29 is 19.4 Å². The molecule has 3 N–H and O–H groups in total. The number of nitrogens with one attached hydrogen (secondary N) is 2. The highest BCUT2D eigenvalue weighted by molar-refractivity contribution is 6.07. The first-order chi connectivity index (χ1) is 11.0. The number of hydrogen-bond acceptors (Lipinski definition) is 6. The molecule has 0 aromatic heterocycles. The van der Waals surface area contributed by atoms with Crippen molar-refractivity contribution in [1.82, 2.24) is 10.7 Å². The molecule has 7 nitrogen and oxygen atoms in total. The number of hydrogen-bond donors (Lipinski definition) is 3. The molecule has 2 rings (SSSR count). The van der Waals surface area contributed by atoms with E-state index in [9.17, 15) is 9.90 Å². The Bertz CT molecular complexity index is 574. The number of cyclic esters (lactones) is 1. The largest absolute Gasteiger partial charge is 0.490 e. The van der Waals surface area contributed by atoms with Gasteiger partial charge < -0.3 is 19.9 Å². The van der Waals surface area contributed by atoms with E-state index in [1.807, 2.05) is 32.0 Å². The van der Waals surface area contributed by atoms with Crippen LogP contribution >= 0.6 is 0 Å². The number of aliphatic hydroxyl groups excluding tert-OH is 1. The number of aliphatic hydroxyl groups is 1. The van der Waals surface area contributed by atoms with Crippen molar-refractivity contribution in [2.24, 2.45) is 5.10 Å². The minimum absolute atomic E-state index is 0.158. The van der Waals surface area contributed by atoms with Crippen molar-refractivity contribution in [3.8, 4) is 5.75 Å². The van der Waals surface area contributed by atoms with Crippen LogP contribution in [0.5, 0.6) is 5.75 Å². The van der Waals surface area contributed by atoms with Crippen molar-refractivity contribution in [2.75, 3.05) is 13.2 Å². The van der Waals surface area contributed by atoms with Crippen LogP contribution in [0.2, 0.25) is 0 Å². The van der Waals surface area contributed by atoms with E-state index in [4.69, 9.17) is 9.47 Å². The number of para-hydroxylation sites is 1. The second kappa shape index (κ2) is 7.94. The lowest BCUT2D eigenvalue weighted by Gasteiger charge is -2.22. The predicted molar refractivity (Wildman–Crippen MR) is 86.7 cm³/mol. The Labute approximate surface area is 135 Å². The first-order valence-corrected chi connectivity index (χ1v) is 7.65. The highest BCUT2D eigenvalue weighted by atomic mass is 16.6. The van der Waals surface area contributed by atoms with Crippen molar-refractivity contribution >= 4 is 11.8 Å². The Morgan fingerprint density at radius 2 is 2.17 bits per heavy atom. The van der Waals surface area contributed by atoms with Gasteiger partial charge in [-0.15, -0.1) is 0 Å². The molecule has 1 aromatic rings. The summed E-state index contributed by atoms with van der Waals surface area (Å²) >= 11 is 0. The smallest absolute Gasteiger partial charge is 0.428 e. The molecule has 1 aliphatic rings.